The van der Waals surface area contributed by atoms with Crippen LogP contribution in [0.1, 0.15) is 65.2 Å². The van der Waals surface area contributed by atoms with Crippen LogP contribution in [0, 0.1) is 5.41 Å². The lowest BCUT2D eigenvalue weighted by atomic mass is 9.81. The minimum Gasteiger partial charge on any atom is -0.330 e. The molecule has 2 rings (SSSR count). The molecule has 0 radical (unpaired) electrons. The Balaban J connectivity index is 1.84. The van der Waals surface area contributed by atoms with Crippen LogP contribution in [-0.2, 0) is 4.79 Å². The van der Waals surface area contributed by atoms with Gasteiger partial charge in [0.05, 0.1) is 0 Å². The summed E-state index contributed by atoms with van der Waals surface area (Å²) in [5, 5.41) is 2.95. The molecule has 3 N–H and O–H groups in total. The van der Waals surface area contributed by atoms with Gasteiger partial charge in [0.15, 0.2) is 0 Å². The number of amides is 3. The van der Waals surface area contributed by atoms with Gasteiger partial charge in [-0.05, 0) is 37.6 Å². The van der Waals surface area contributed by atoms with Gasteiger partial charge < -0.3 is 11.1 Å². The van der Waals surface area contributed by atoms with E-state index in [0.717, 1.165) is 44.9 Å². The second kappa shape index (κ2) is 6.34. The van der Waals surface area contributed by atoms with E-state index in [4.69, 9.17) is 5.73 Å². The van der Waals surface area contributed by atoms with E-state index in [1.807, 2.05) is 0 Å². The molecule has 1 aliphatic heterocycles. The summed E-state index contributed by atoms with van der Waals surface area (Å²) in [6.07, 6.45) is 7.71. The molecule has 0 aromatic carbocycles. The fraction of sp³-hybridized carbons (Fsp3) is 0.875. The standard InChI is InChI=1S/C16H29N3O2/c1-15(2,12-17)8-6-7-11-19-13(20)16(18-14(19)21)9-4-3-5-10-16/h3-12,17H2,1-2H3,(H,18,21). The number of imide groups is 1. The van der Waals surface area contributed by atoms with E-state index in [9.17, 15) is 9.59 Å². The van der Waals surface area contributed by atoms with Crippen LogP contribution >= 0.6 is 0 Å². The van der Waals surface area contributed by atoms with E-state index in [2.05, 4.69) is 19.2 Å². The summed E-state index contributed by atoms with van der Waals surface area (Å²) in [5.41, 5.74) is 5.28. The second-order valence-electron chi connectivity index (χ2n) is 7.36. The number of nitrogens with one attached hydrogen (secondary N) is 1. The van der Waals surface area contributed by atoms with Crippen LogP contribution in [-0.4, -0.2) is 35.5 Å². The van der Waals surface area contributed by atoms with Gasteiger partial charge in [0.1, 0.15) is 5.54 Å². The highest BCUT2D eigenvalue weighted by molar-refractivity contribution is 6.07. The summed E-state index contributed by atoms with van der Waals surface area (Å²) in [5.74, 6) is 0.00489. The minimum absolute atomic E-state index is 0.00489. The summed E-state index contributed by atoms with van der Waals surface area (Å²) in [6, 6.07) is -0.194. The minimum atomic E-state index is -0.578. The van der Waals surface area contributed by atoms with Crippen LogP contribution in [0.5, 0.6) is 0 Å². The van der Waals surface area contributed by atoms with Crippen LogP contribution in [0.15, 0.2) is 0 Å². The van der Waals surface area contributed by atoms with E-state index in [1.54, 1.807) is 0 Å². The maximum Gasteiger partial charge on any atom is 0.325 e. The fourth-order valence-corrected chi connectivity index (χ4v) is 3.35. The lowest BCUT2D eigenvalue weighted by molar-refractivity contribution is -0.132. The van der Waals surface area contributed by atoms with E-state index in [-0.39, 0.29) is 17.4 Å². The van der Waals surface area contributed by atoms with Crippen LogP contribution < -0.4 is 11.1 Å². The van der Waals surface area contributed by atoms with Gasteiger partial charge in [0, 0.05) is 6.54 Å². The first kappa shape index (κ1) is 16.3. The largest absolute Gasteiger partial charge is 0.330 e. The number of urea groups is 1. The smallest absolute Gasteiger partial charge is 0.325 e. The second-order valence-corrected chi connectivity index (χ2v) is 7.36. The van der Waals surface area contributed by atoms with E-state index in [1.165, 1.54) is 11.3 Å². The van der Waals surface area contributed by atoms with E-state index in [0.29, 0.717) is 13.1 Å². The molecule has 1 heterocycles. The Morgan fingerprint density at radius 2 is 1.86 bits per heavy atom. The van der Waals surface area contributed by atoms with Crippen molar-refractivity contribution < 1.29 is 9.59 Å². The molecule has 3 amide bonds. The molecule has 0 aromatic heterocycles. The SMILES string of the molecule is CC(C)(CN)CCCCN1C(=O)NC2(CCCCC2)C1=O. The third kappa shape index (κ3) is 3.57. The molecular formula is C16H29N3O2. The zero-order chi connectivity index (χ0) is 15.5. The van der Waals surface area contributed by atoms with Crippen molar-refractivity contribution in [2.45, 2.75) is 70.8 Å². The van der Waals surface area contributed by atoms with Crippen LogP contribution in [0.25, 0.3) is 0 Å². The molecule has 21 heavy (non-hydrogen) atoms. The zero-order valence-electron chi connectivity index (χ0n) is 13.4. The van der Waals surface area contributed by atoms with Gasteiger partial charge in [-0.15, -0.1) is 0 Å². The topological polar surface area (TPSA) is 75.4 Å². The average molecular weight is 295 g/mol. The summed E-state index contributed by atoms with van der Waals surface area (Å²) < 4.78 is 0. The lowest BCUT2D eigenvalue weighted by Crippen LogP contribution is -2.48. The predicted molar refractivity (Wildman–Crippen MR) is 82.7 cm³/mol. The van der Waals surface area contributed by atoms with Gasteiger partial charge in [0.25, 0.3) is 5.91 Å². The highest BCUT2D eigenvalue weighted by atomic mass is 16.2. The predicted octanol–water partition coefficient (Wildman–Crippen LogP) is 2.40. The van der Waals surface area contributed by atoms with Gasteiger partial charge in [-0.2, -0.15) is 0 Å². The van der Waals surface area contributed by atoms with Gasteiger partial charge in [-0.25, -0.2) is 4.79 Å². The van der Waals surface area contributed by atoms with Crippen molar-refractivity contribution >= 4 is 11.9 Å². The number of carbonyl (C=O) groups is 2. The maximum absolute atomic E-state index is 12.6. The molecule has 0 aromatic rings. The van der Waals surface area contributed by atoms with Crippen molar-refractivity contribution in [3.8, 4) is 0 Å². The average Bonchev–Trinajstić information content (AvgIpc) is 2.68. The molecule has 120 valence electrons. The van der Waals surface area contributed by atoms with Gasteiger partial charge >= 0.3 is 6.03 Å². The summed E-state index contributed by atoms with van der Waals surface area (Å²) in [4.78, 5) is 26.1. The Kier molecular flexibility index (Phi) is 4.91. The van der Waals surface area contributed by atoms with Crippen molar-refractivity contribution in [3.63, 3.8) is 0 Å². The maximum atomic E-state index is 12.6. The van der Waals surface area contributed by atoms with Crippen molar-refractivity contribution in [2.24, 2.45) is 11.1 Å². The molecular weight excluding hydrogens is 266 g/mol. The Bertz CT molecular complexity index is 400. The van der Waals surface area contributed by atoms with Crippen molar-refractivity contribution in [3.05, 3.63) is 0 Å². The monoisotopic (exact) mass is 295 g/mol. The summed E-state index contributed by atoms with van der Waals surface area (Å²) >= 11 is 0. The van der Waals surface area contributed by atoms with Crippen molar-refractivity contribution in [1.29, 1.82) is 0 Å². The van der Waals surface area contributed by atoms with Gasteiger partial charge in [-0.3, -0.25) is 9.69 Å². The number of nitrogens with zero attached hydrogens (tertiary/aromatic N) is 1. The number of unbranched alkanes of at least 4 members (excludes halogenated alkanes) is 1. The van der Waals surface area contributed by atoms with Crippen molar-refractivity contribution in [2.75, 3.05) is 13.1 Å². The first-order valence-corrected chi connectivity index (χ1v) is 8.24. The van der Waals surface area contributed by atoms with Crippen LogP contribution in [0.2, 0.25) is 0 Å². The molecule has 1 saturated heterocycles. The molecule has 1 spiro atoms. The first-order valence-electron chi connectivity index (χ1n) is 8.24. The Morgan fingerprint density at radius 1 is 1.19 bits per heavy atom. The Hall–Kier alpha value is -1.10. The van der Waals surface area contributed by atoms with Gasteiger partial charge in [-0.1, -0.05) is 39.5 Å². The molecule has 0 atom stereocenters. The third-order valence-electron chi connectivity index (χ3n) is 4.99. The lowest BCUT2D eigenvalue weighted by Gasteiger charge is -2.30. The van der Waals surface area contributed by atoms with Crippen LogP contribution in [0.3, 0.4) is 0 Å². The van der Waals surface area contributed by atoms with Gasteiger partial charge in [0.2, 0.25) is 0 Å². The van der Waals surface area contributed by atoms with E-state index >= 15 is 0 Å². The number of hydrogen-bond donors (Lipinski definition) is 2. The van der Waals surface area contributed by atoms with Crippen molar-refractivity contribution in [1.82, 2.24) is 10.2 Å². The first-order chi connectivity index (χ1) is 9.90. The summed E-state index contributed by atoms with van der Waals surface area (Å²) in [6.45, 7) is 5.50. The molecule has 5 heteroatoms. The molecule has 1 aliphatic carbocycles. The normalized spacial score (nSPS) is 22.0. The highest BCUT2D eigenvalue weighted by Gasteiger charge is 2.50. The Labute approximate surface area is 127 Å². The highest BCUT2D eigenvalue weighted by Crippen LogP contribution is 2.33. The molecule has 5 nitrogen and oxygen atoms in total. The molecule has 2 aliphatic rings. The number of nitrogens with two attached hydrogens (primary N) is 1. The quantitative estimate of drug-likeness (QED) is 0.583. The molecule has 0 unspecified atom stereocenters. The Morgan fingerprint density at radius 3 is 2.48 bits per heavy atom. The third-order valence-corrected chi connectivity index (χ3v) is 4.99. The molecule has 0 bridgehead atoms. The fourth-order valence-electron chi connectivity index (χ4n) is 3.35. The molecule has 1 saturated carbocycles. The number of rotatable bonds is 6. The summed E-state index contributed by atoms with van der Waals surface area (Å²) in [7, 11) is 0. The number of carbonyl (C=O) groups excluding carboxylic acids is 2. The zero-order valence-corrected chi connectivity index (χ0v) is 13.4. The number of hydrogen-bond acceptors (Lipinski definition) is 3. The molecule has 2 fully saturated rings. The van der Waals surface area contributed by atoms with E-state index < -0.39 is 5.54 Å². The van der Waals surface area contributed by atoms with Crippen LogP contribution in [0.4, 0.5) is 4.79 Å².